The number of imidazole rings is 1. The van der Waals surface area contributed by atoms with Gasteiger partial charge in [0.2, 0.25) is 0 Å². The molecule has 8 nitrogen and oxygen atoms in total. The highest BCUT2D eigenvalue weighted by Gasteiger charge is 2.37. The van der Waals surface area contributed by atoms with Crippen molar-refractivity contribution in [1.82, 2.24) is 19.2 Å². The van der Waals surface area contributed by atoms with Crippen LogP contribution in [-0.4, -0.2) is 81.6 Å². The van der Waals surface area contributed by atoms with E-state index in [1.54, 1.807) is 6.20 Å². The normalized spacial score (nSPS) is 23.8. The smallest absolute Gasteiger partial charge is 0.317 e. The van der Waals surface area contributed by atoms with E-state index >= 15 is 0 Å². The molecular formula is C18H22N4O4. The number of hydrogen-bond donors (Lipinski definition) is 1. The Morgan fingerprint density at radius 3 is 2.96 bits per heavy atom. The number of fused-ring (bicyclic) bond motifs is 4. The van der Waals surface area contributed by atoms with Gasteiger partial charge in [-0.3, -0.25) is 14.5 Å². The number of amides is 1. The summed E-state index contributed by atoms with van der Waals surface area (Å²) in [4.78, 5) is 32.4. The summed E-state index contributed by atoms with van der Waals surface area (Å²) in [6.07, 6.45) is 3.65. The van der Waals surface area contributed by atoms with Gasteiger partial charge < -0.3 is 19.1 Å². The first-order chi connectivity index (χ1) is 12.5. The molecule has 26 heavy (non-hydrogen) atoms. The average molecular weight is 358 g/mol. The number of carbonyl (C=O) groups is 2. The number of aromatic nitrogens is 2. The SMILES string of the molecule is Cc1ccn2cc(C(=O)N3C[C@H]4COC[C@@H]3CN(CC(=O)O)C4)nc2c1. The molecule has 0 spiro atoms. The van der Waals surface area contributed by atoms with Crippen molar-refractivity contribution in [2.45, 2.75) is 13.0 Å². The first-order valence-electron chi connectivity index (χ1n) is 8.78. The molecule has 2 saturated heterocycles. The van der Waals surface area contributed by atoms with Crippen molar-refractivity contribution >= 4 is 17.5 Å². The van der Waals surface area contributed by atoms with Gasteiger partial charge in [0.05, 0.1) is 25.8 Å². The van der Waals surface area contributed by atoms with Crippen LogP contribution in [0.15, 0.2) is 24.5 Å². The molecule has 2 atom stereocenters. The summed E-state index contributed by atoms with van der Waals surface area (Å²) in [5.41, 5.74) is 2.24. The summed E-state index contributed by atoms with van der Waals surface area (Å²) < 4.78 is 7.56. The Bertz CT molecular complexity index is 849. The Morgan fingerprint density at radius 2 is 2.15 bits per heavy atom. The lowest BCUT2D eigenvalue weighted by atomic mass is 10.1. The zero-order valence-electron chi connectivity index (χ0n) is 14.7. The molecule has 138 valence electrons. The van der Waals surface area contributed by atoms with Crippen LogP contribution < -0.4 is 0 Å². The minimum atomic E-state index is -0.848. The number of aliphatic carboxylic acids is 1. The second-order valence-corrected chi connectivity index (χ2v) is 7.20. The van der Waals surface area contributed by atoms with E-state index in [0.29, 0.717) is 38.5 Å². The van der Waals surface area contributed by atoms with Gasteiger partial charge in [0.1, 0.15) is 11.3 Å². The van der Waals surface area contributed by atoms with Crippen molar-refractivity contribution in [3.05, 3.63) is 35.8 Å². The molecule has 0 aliphatic carbocycles. The third-order valence-electron chi connectivity index (χ3n) is 5.00. The molecule has 0 saturated carbocycles. The average Bonchev–Trinajstić information content (AvgIpc) is 2.78. The predicted molar refractivity (Wildman–Crippen MR) is 93.1 cm³/mol. The molecule has 2 aromatic rings. The third-order valence-corrected chi connectivity index (χ3v) is 5.00. The predicted octanol–water partition coefficient (Wildman–Crippen LogP) is 0.500. The topological polar surface area (TPSA) is 87.4 Å². The Hall–Kier alpha value is -2.45. The fourth-order valence-electron chi connectivity index (χ4n) is 3.84. The van der Waals surface area contributed by atoms with E-state index < -0.39 is 5.97 Å². The molecule has 2 aliphatic rings. The molecule has 2 aliphatic heterocycles. The van der Waals surface area contributed by atoms with Crippen LogP contribution >= 0.6 is 0 Å². The molecule has 0 aromatic carbocycles. The van der Waals surface area contributed by atoms with Crippen LogP contribution in [0.5, 0.6) is 0 Å². The van der Waals surface area contributed by atoms with E-state index in [2.05, 4.69) is 4.98 Å². The number of carbonyl (C=O) groups excluding carboxylic acids is 1. The molecule has 2 fully saturated rings. The summed E-state index contributed by atoms with van der Waals surface area (Å²) in [5.74, 6) is -0.867. The van der Waals surface area contributed by atoms with E-state index in [1.807, 2.05) is 39.5 Å². The van der Waals surface area contributed by atoms with Crippen molar-refractivity contribution in [2.24, 2.45) is 5.92 Å². The second kappa shape index (κ2) is 6.69. The minimum absolute atomic E-state index is 0.0112. The highest BCUT2D eigenvalue weighted by atomic mass is 16.5. The zero-order valence-corrected chi connectivity index (χ0v) is 14.7. The Labute approximate surface area is 151 Å². The van der Waals surface area contributed by atoms with E-state index in [9.17, 15) is 9.59 Å². The molecule has 4 heterocycles. The fourth-order valence-corrected chi connectivity index (χ4v) is 3.84. The van der Waals surface area contributed by atoms with Crippen molar-refractivity contribution in [3.63, 3.8) is 0 Å². The Morgan fingerprint density at radius 1 is 1.31 bits per heavy atom. The molecule has 1 N–H and O–H groups in total. The lowest BCUT2D eigenvalue weighted by Crippen LogP contribution is -2.47. The summed E-state index contributed by atoms with van der Waals surface area (Å²) in [6.45, 7) is 4.63. The van der Waals surface area contributed by atoms with E-state index in [-0.39, 0.29) is 24.4 Å². The van der Waals surface area contributed by atoms with E-state index in [1.165, 1.54) is 0 Å². The van der Waals surface area contributed by atoms with E-state index in [4.69, 9.17) is 9.84 Å². The highest BCUT2D eigenvalue weighted by Crippen LogP contribution is 2.22. The van der Waals surface area contributed by atoms with Crippen LogP contribution in [0.2, 0.25) is 0 Å². The van der Waals surface area contributed by atoms with Gasteiger partial charge in [-0.1, -0.05) is 0 Å². The summed E-state index contributed by atoms with van der Waals surface area (Å²) in [6, 6.07) is 3.75. The molecule has 8 heteroatoms. The standard InChI is InChI=1S/C18H22N4O4/c1-12-2-3-21-8-15(19-16(21)4-12)18(25)22-6-13-5-20(9-17(23)24)7-14(22)11-26-10-13/h2-4,8,13-14H,5-7,9-11H2,1H3,(H,23,24)/t13-,14-/m0/s1. The summed E-state index contributed by atoms with van der Waals surface area (Å²) in [7, 11) is 0. The third kappa shape index (κ3) is 3.30. The number of ether oxygens (including phenoxy) is 1. The van der Waals surface area contributed by atoms with Gasteiger partial charge in [0.25, 0.3) is 5.91 Å². The number of aryl methyl sites for hydroxylation is 1. The van der Waals surface area contributed by atoms with Crippen LogP contribution in [0.1, 0.15) is 16.1 Å². The van der Waals surface area contributed by atoms with Crippen LogP contribution in [-0.2, 0) is 9.53 Å². The monoisotopic (exact) mass is 358 g/mol. The van der Waals surface area contributed by atoms with Crippen LogP contribution in [0.25, 0.3) is 5.65 Å². The maximum Gasteiger partial charge on any atom is 0.317 e. The number of pyridine rings is 1. The number of rotatable bonds is 3. The Kier molecular flexibility index (Phi) is 4.37. The number of carboxylic acids is 1. The lowest BCUT2D eigenvalue weighted by molar-refractivity contribution is -0.138. The molecule has 0 radical (unpaired) electrons. The first kappa shape index (κ1) is 17.0. The molecular weight excluding hydrogens is 336 g/mol. The van der Waals surface area contributed by atoms with Crippen molar-refractivity contribution in [1.29, 1.82) is 0 Å². The van der Waals surface area contributed by atoms with Gasteiger partial charge in [0.15, 0.2) is 0 Å². The van der Waals surface area contributed by atoms with Crippen molar-refractivity contribution in [2.75, 3.05) is 39.4 Å². The zero-order chi connectivity index (χ0) is 18.3. The van der Waals surface area contributed by atoms with Gasteiger partial charge in [-0.15, -0.1) is 0 Å². The first-order valence-corrected chi connectivity index (χ1v) is 8.78. The van der Waals surface area contributed by atoms with Gasteiger partial charge in [0, 0.05) is 37.9 Å². The number of nitrogens with zero attached hydrogens (tertiary/aromatic N) is 4. The maximum atomic E-state index is 13.1. The molecule has 2 aromatic heterocycles. The van der Waals surface area contributed by atoms with E-state index in [0.717, 1.165) is 11.2 Å². The fraction of sp³-hybridized carbons (Fsp3) is 0.500. The quantitative estimate of drug-likeness (QED) is 0.860. The number of carboxylic acid groups (broad SMARTS) is 1. The second-order valence-electron chi connectivity index (χ2n) is 7.20. The Balaban J connectivity index is 1.60. The van der Waals surface area contributed by atoms with Crippen molar-refractivity contribution in [3.8, 4) is 0 Å². The largest absolute Gasteiger partial charge is 0.480 e. The lowest BCUT2D eigenvalue weighted by Gasteiger charge is -2.30. The maximum absolute atomic E-state index is 13.1. The summed E-state index contributed by atoms with van der Waals surface area (Å²) in [5, 5.41) is 9.11. The minimum Gasteiger partial charge on any atom is -0.480 e. The van der Waals surface area contributed by atoms with Gasteiger partial charge in [-0.2, -0.15) is 0 Å². The van der Waals surface area contributed by atoms with Crippen LogP contribution in [0.4, 0.5) is 0 Å². The molecule has 2 bridgehead atoms. The van der Waals surface area contributed by atoms with Crippen LogP contribution in [0.3, 0.4) is 0 Å². The van der Waals surface area contributed by atoms with Crippen LogP contribution in [0, 0.1) is 12.8 Å². The van der Waals surface area contributed by atoms with Crippen molar-refractivity contribution < 1.29 is 19.4 Å². The van der Waals surface area contributed by atoms with Gasteiger partial charge in [-0.25, -0.2) is 4.98 Å². The summed E-state index contributed by atoms with van der Waals surface area (Å²) >= 11 is 0. The molecule has 0 unspecified atom stereocenters. The van der Waals surface area contributed by atoms with Gasteiger partial charge >= 0.3 is 5.97 Å². The molecule has 1 amide bonds. The molecule has 4 rings (SSSR count). The number of hydrogen-bond acceptors (Lipinski definition) is 5. The van der Waals surface area contributed by atoms with Gasteiger partial charge in [-0.05, 0) is 24.6 Å². The highest BCUT2D eigenvalue weighted by molar-refractivity contribution is 5.93.